The molecule has 1 N–H and O–H groups in total. The Hall–Kier alpha value is -1.45. The highest BCUT2D eigenvalue weighted by molar-refractivity contribution is 6.33. The molecule has 0 aliphatic heterocycles. The molecule has 0 aromatic carbocycles. The number of hydrogen-bond acceptors (Lipinski definition) is 3. The van der Waals surface area contributed by atoms with Gasteiger partial charge in [0.25, 0.3) is 0 Å². The molecule has 4 nitrogen and oxygen atoms in total. The van der Waals surface area contributed by atoms with Crippen molar-refractivity contribution in [1.82, 2.24) is 10.2 Å². The van der Waals surface area contributed by atoms with Gasteiger partial charge in [-0.15, -0.1) is 0 Å². The lowest BCUT2D eigenvalue weighted by Crippen LogP contribution is -2.02. The number of ketones is 1. The SMILES string of the molecule is CCCc1n[nH]cc1C(=O)C=O. The minimum atomic E-state index is -0.507. The van der Waals surface area contributed by atoms with Crippen LogP contribution in [0.15, 0.2) is 6.20 Å². The van der Waals surface area contributed by atoms with E-state index in [0.29, 0.717) is 17.5 Å². The third-order valence-electron chi connectivity index (χ3n) is 1.58. The average molecular weight is 166 g/mol. The Labute approximate surface area is 70.0 Å². The van der Waals surface area contributed by atoms with Gasteiger partial charge in [-0.25, -0.2) is 0 Å². The van der Waals surface area contributed by atoms with Crippen LogP contribution in [0.3, 0.4) is 0 Å². The zero-order valence-electron chi connectivity index (χ0n) is 6.83. The van der Waals surface area contributed by atoms with E-state index in [1.54, 1.807) is 0 Å². The largest absolute Gasteiger partial charge is 0.294 e. The van der Waals surface area contributed by atoms with Crippen molar-refractivity contribution in [2.45, 2.75) is 19.8 Å². The van der Waals surface area contributed by atoms with E-state index in [9.17, 15) is 9.59 Å². The first-order valence-electron chi connectivity index (χ1n) is 3.81. The molecule has 0 amide bonds. The van der Waals surface area contributed by atoms with E-state index in [0.717, 1.165) is 12.8 Å². The summed E-state index contributed by atoms with van der Waals surface area (Å²) in [6.07, 6.45) is 3.40. The number of aryl methyl sites for hydroxylation is 1. The van der Waals surface area contributed by atoms with E-state index < -0.39 is 5.78 Å². The number of H-pyrrole nitrogens is 1. The van der Waals surface area contributed by atoms with Crippen LogP contribution in [0, 0.1) is 0 Å². The summed E-state index contributed by atoms with van der Waals surface area (Å²) in [5.74, 6) is -0.507. The Bertz CT molecular complexity index is 291. The Morgan fingerprint density at radius 2 is 2.50 bits per heavy atom. The van der Waals surface area contributed by atoms with Crippen molar-refractivity contribution in [2.24, 2.45) is 0 Å². The van der Waals surface area contributed by atoms with Crippen LogP contribution in [0.2, 0.25) is 0 Å². The minimum absolute atomic E-state index is 0.310. The van der Waals surface area contributed by atoms with Crippen LogP contribution in [0.25, 0.3) is 0 Å². The maximum atomic E-state index is 10.9. The maximum Gasteiger partial charge on any atom is 0.228 e. The number of hydrogen-bond donors (Lipinski definition) is 1. The van der Waals surface area contributed by atoms with Crippen LogP contribution in [0.5, 0.6) is 0 Å². The molecule has 0 aliphatic carbocycles. The Balaban J connectivity index is 2.90. The van der Waals surface area contributed by atoms with E-state index >= 15 is 0 Å². The number of rotatable bonds is 4. The zero-order chi connectivity index (χ0) is 8.97. The predicted molar refractivity (Wildman–Crippen MR) is 43.0 cm³/mol. The average Bonchev–Trinajstić information content (AvgIpc) is 2.52. The van der Waals surface area contributed by atoms with Crippen molar-refractivity contribution in [3.05, 3.63) is 17.5 Å². The van der Waals surface area contributed by atoms with Gasteiger partial charge in [-0.05, 0) is 6.42 Å². The Morgan fingerprint density at radius 3 is 3.08 bits per heavy atom. The van der Waals surface area contributed by atoms with Crippen LogP contribution in [-0.4, -0.2) is 22.3 Å². The standard InChI is InChI=1S/C8H10N2O2/c1-2-3-7-6(4-9-10-7)8(12)5-11/h4-5H,2-3H2,1H3,(H,9,10). The molecular formula is C8H10N2O2. The van der Waals surface area contributed by atoms with Gasteiger partial charge >= 0.3 is 0 Å². The van der Waals surface area contributed by atoms with Crippen molar-refractivity contribution >= 4 is 12.1 Å². The van der Waals surface area contributed by atoms with Gasteiger partial charge in [0.2, 0.25) is 5.78 Å². The Morgan fingerprint density at radius 1 is 1.75 bits per heavy atom. The van der Waals surface area contributed by atoms with Gasteiger partial charge in [-0.1, -0.05) is 13.3 Å². The number of aromatic nitrogens is 2. The molecule has 0 saturated carbocycles. The molecule has 0 unspecified atom stereocenters. The highest BCUT2D eigenvalue weighted by Crippen LogP contribution is 2.06. The van der Waals surface area contributed by atoms with Crippen LogP contribution < -0.4 is 0 Å². The zero-order valence-corrected chi connectivity index (χ0v) is 6.83. The number of carbonyl (C=O) groups is 2. The van der Waals surface area contributed by atoms with E-state index in [1.165, 1.54) is 6.20 Å². The highest BCUT2D eigenvalue weighted by Gasteiger charge is 2.11. The number of nitrogens with zero attached hydrogens (tertiary/aromatic N) is 1. The molecule has 0 fully saturated rings. The second-order valence-electron chi connectivity index (χ2n) is 2.48. The lowest BCUT2D eigenvalue weighted by atomic mass is 10.1. The summed E-state index contributed by atoms with van der Waals surface area (Å²) in [4.78, 5) is 21.1. The third-order valence-corrected chi connectivity index (χ3v) is 1.58. The summed E-state index contributed by atoms with van der Waals surface area (Å²) < 4.78 is 0. The topological polar surface area (TPSA) is 62.8 Å². The summed E-state index contributed by atoms with van der Waals surface area (Å²) >= 11 is 0. The van der Waals surface area contributed by atoms with E-state index in [-0.39, 0.29) is 0 Å². The first-order chi connectivity index (χ1) is 5.79. The molecule has 1 heterocycles. The number of aldehydes is 1. The van der Waals surface area contributed by atoms with Crippen molar-refractivity contribution in [3.8, 4) is 0 Å². The van der Waals surface area contributed by atoms with Gasteiger partial charge in [0, 0.05) is 6.20 Å². The van der Waals surface area contributed by atoms with Gasteiger partial charge < -0.3 is 0 Å². The molecule has 4 heteroatoms. The fourth-order valence-corrected chi connectivity index (χ4v) is 1.02. The number of nitrogens with one attached hydrogen (secondary N) is 1. The monoisotopic (exact) mass is 166 g/mol. The molecule has 0 atom stereocenters. The second kappa shape index (κ2) is 3.80. The summed E-state index contributed by atoms with van der Waals surface area (Å²) in [5, 5.41) is 6.44. The minimum Gasteiger partial charge on any atom is -0.294 e. The quantitative estimate of drug-likeness (QED) is 0.407. The van der Waals surface area contributed by atoms with Gasteiger partial charge in [0.1, 0.15) is 0 Å². The van der Waals surface area contributed by atoms with Gasteiger partial charge in [-0.2, -0.15) is 5.10 Å². The van der Waals surface area contributed by atoms with Gasteiger partial charge in [0.15, 0.2) is 6.29 Å². The summed E-state index contributed by atoms with van der Waals surface area (Å²) in [5.41, 5.74) is 1.07. The molecule has 12 heavy (non-hydrogen) atoms. The fourth-order valence-electron chi connectivity index (χ4n) is 1.02. The van der Waals surface area contributed by atoms with Crippen LogP contribution in [0.4, 0.5) is 0 Å². The van der Waals surface area contributed by atoms with Gasteiger partial charge in [-0.3, -0.25) is 14.7 Å². The molecule has 1 aromatic heterocycles. The molecular weight excluding hydrogens is 156 g/mol. The van der Waals surface area contributed by atoms with Crippen molar-refractivity contribution in [1.29, 1.82) is 0 Å². The Kier molecular flexibility index (Phi) is 2.74. The number of Topliss-reactive ketones (excluding diaryl/α,β-unsaturated/α-hetero) is 1. The molecule has 1 aromatic rings. The summed E-state index contributed by atoms with van der Waals surface area (Å²) in [6.45, 7) is 1.99. The normalized spacial score (nSPS) is 9.75. The maximum absolute atomic E-state index is 10.9. The third kappa shape index (κ3) is 1.58. The van der Waals surface area contributed by atoms with Gasteiger partial charge in [0.05, 0.1) is 11.3 Å². The molecule has 0 saturated heterocycles. The first-order valence-corrected chi connectivity index (χ1v) is 3.81. The molecule has 0 radical (unpaired) electrons. The molecule has 1 rings (SSSR count). The second-order valence-corrected chi connectivity index (χ2v) is 2.48. The molecule has 0 aliphatic rings. The van der Waals surface area contributed by atoms with Crippen molar-refractivity contribution in [3.63, 3.8) is 0 Å². The van der Waals surface area contributed by atoms with E-state index in [2.05, 4.69) is 10.2 Å². The van der Waals surface area contributed by atoms with Crippen LogP contribution in [0.1, 0.15) is 29.4 Å². The summed E-state index contributed by atoms with van der Waals surface area (Å²) in [6, 6.07) is 0. The number of aromatic amines is 1. The molecule has 64 valence electrons. The van der Waals surface area contributed by atoms with Crippen LogP contribution >= 0.6 is 0 Å². The lowest BCUT2D eigenvalue weighted by molar-refractivity contribution is -0.104. The van der Waals surface area contributed by atoms with E-state index in [4.69, 9.17) is 0 Å². The fraction of sp³-hybridized carbons (Fsp3) is 0.375. The number of carbonyl (C=O) groups excluding carboxylic acids is 2. The van der Waals surface area contributed by atoms with Crippen molar-refractivity contribution < 1.29 is 9.59 Å². The van der Waals surface area contributed by atoms with Crippen LogP contribution in [-0.2, 0) is 11.2 Å². The first kappa shape index (κ1) is 8.64. The van der Waals surface area contributed by atoms with Crippen molar-refractivity contribution in [2.75, 3.05) is 0 Å². The highest BCUT2D eigenvalue weighted by atomic mass is 16.2. The van der Waals surface area contributed by atoms with E-state index in [1.807, 2.05) is 6.92 Å². The smallest absolute Gasteiger partial charge is 0.228 e. The molecule has 0 spiro atoms. The summed E-state index contributed by atoms with van der Waals surface area (Å²) in [7, 11) is 0. The molecule has 0 bridgehead atoms. The predicted octanol–water partition coefficient (Wildman–Crippen LogP) is 0.744. The lowest BCUT2D eigenvalue weighted by Gasteiger charge is -1.92.